The number of halogens is 4. The van der Waals surface area contributed by atoms with Crippen LogP contribution in [0.25, 0.3) is 23.3 Å². The minimum atomic E-state index is -4.62. The molecule has 1 heterocycles. The Morgan fingerprint density at radius 1 is 1.05 bits per heavy atom. The van der Waals surface area contributed by atoms with Gasteiger partial charge in [-0.2, -0.15) is 13.2 Å². The quantitative estimate of drug-likeness (QED) is 0.270. The minimum Gasteiger partial charge on any atom is -0.486 e. The molecule has 0 bridgehead atoms. The van der Waals surface area contributed by atoms with Gasteiger partial charge in [0, 0.05) is 12.1 Å². The lowest BCUT2D eigenvalue weighted by Gasteiger charge is -2.20. The number of benzene rings is 3. The summed E-state index contributed by atoms with van der Waals surface area (Å²) in [6.45, 7) is 1.57. The summed E-state index contributed by atoms with van der Waals surface area (Å²) < 4.78 is 67.2. The third kappa shape index (κ3) is 5.81. The fourth-order valence-corrected chi connectivity index (χ4v) is 4.18. The van der Waals surface area contributed by atoms with Crippen LogP contribution in [0.1, 0.15) is 27.8 Å². The number of alkyl halides is 3. The molecular formula is C28H25F4NO5. The summed E-state index contributed by atoms with van der Waals surface area (Å²) in [6.07, 6.45) is -1.78. The Morgan fingerprint density at radius 2 is 1.79 bits per heavy atom. The van der Waals surface area contributed by atoms with Gasteiger partial charge in [-0.15, -0.1) is 0 Å². The predicted octanol–water partition coefficient (Wildman–Crippen LogP) is 5.30. The number of fused-ring (bicyclic) bond motifs is 1. The van der Waals surface area contributed by atoms with E-state index < -0.39 is 36.2 Å². The number of ether oxygens (including phenoxy) is 2. The number of aliphatic carboxylic acids is 1. The molecule has 200 valence electrons. The van der Waals surface area contributed by atoms with Gasteiger partial charge < -0.3 is 19.7 Å². The van der Waals surface area contributed by atoms with Gasteiger partial charge in [0.15, 0.2) is 17.3 Å². The van der Waals surface area contributed by atoms with E-state index in [0.717, 1.165) is 6.07 Å². The second-order valence-corrected chi connectivity index (χ2v) is 8.68. The number of aliphatic hydroxyl groups is 1. The molecule has 3 N–H and O–H groups in total. The lowest BCUT2D eigenvalue weighted by atomic mass is 9.94. The highest BCUT2D eigenvalue weighted by molar-refractivity contribution is 5.79. The molecule has 0 spiro atoms. The molecule has 0 amide bonds. The van der Waals surface area contributed by atoms with Crippen LogP contribution in [0, 0.1) is 12.7 Å². The van der Waals surface area contributed by atoms with E-state index in [4.69, 9.17) is 19.7 Å². The number of carboxylic acids is 1. The van der Waals surface area contributed by atoms with Crippen LogP contribution in [0.2, 0.25) is 0 Å². The Balaban J connectivity index is 1.67. The molecule has 0 radical (unpaired) electrons. The Morgan fingerprint density at radius 3 is 2.50 bits per heavy atom. The first-order valence-electron chi connectivity index (χ1n) is 11.7. The molecule has 3 aromatic carbocycles. The Kier molecular flexibility index (Phi) is 8.03. The molecule has 1 aliphatic heterocycles. The number of nitrogens with one attached hydrogen (secondary N) is 1. The number of rotatable bonds is 8. The molecule has 0 aromatic heterocycles. The minimum absolute atomic E-state index is 0.0284. The number of hydrogen-bond acceptors (Lipinski definition) is 5. The Hall–Kier alpha value is -3.89. The average molecular weight is 532 g/mol. The van der Waals surface area contributed by atoms with Crippen molar-refractivity contribution in [3.8, 4) is 22.6 Å². The summed E-state index contributed by atoms with van der Waals surface area (Å²) in [5, 5.41) is 20.8. The maximum Gasteiger partial charge on any atom is 0.416 e. The summed E-state index contributed by atoms with van der Waals surface area (Å²) in [5.74, 6) is -1.51. The maximum absolute atomic E-state index is 15.2. The van der Waals surface area contributed by atoms with Gasteiger partial charge in [-0.05, 0) is 59.0 Å². The van der Waals surface area contributed by atoms with Crippen LogP contribution in [-0.2, 0) is 17.5 Å². The van der Waals surface area contributed by atoms with Gasteiger partial charge >= 0.3 is 12.1 Å². The van der Waals surface area contributed by atoms with Gasteiger partial charge in [0.1, 0.15) is 19.3 Å². The molecule has 1 atom stereocenters. The first-order valence-corrected chi connectivity index (χ1v) is 11.7. The van der Waals surface area contributed by atoms with Crippen LogP contribution in [0.5, 0.6) is 11.5 Å². The van der Waals surface area contributed by atoms with Crippen LogP contribution in [-0.4, -0.2) is 42.0 Å². The molecule has 4 rings (SSSR count). The average Bonchev–Trinajstić information content (AvgIpc) is 2.88. The lowest BCUT2D eigenvalue weighted by Crippen LogP contribution is -2.39. The van der Waals surface area contributed by atoms with E-state index in [2.05, 4.69) is 5.32 Å². The van der Waals surface area contributed by atoms with Gasteiger partial charge in [0.05, 0.1) is 12.2 Å². The van der Waals surface area contributed by atoms with Crippen LogP contribution in [0.3, 0.4) is 0 Å². The Labute approximate surface area is 216 Å². The van der Waals surface area contributed by atoms with E-state index in [-0.39, 0.29) is 30.0 Å². The Bertz CT molecular complexity index is 1370. The standard InChI is InChI=1S/C28H25F4NO5/c1-16-18(3-2-4-20(16)21-8-10-24-26(25(21)29)38-12-11-37-24)6-7-19-13-17(5-9-22(19)28(30,31)32)14-33-23(15-34)27(35)36/h2-10,13,23,33-34H,11-12,14-15H2,1H3,(H,35,36). The molecule has 1 unspecified atom stereocenters. The number of hydrogen-bond donors (Lipinski definition) is 3. The molecule has 0 fully saturated rings. The van der Waals surface area contributed by atoms with Gasteiger partial charge in [0.25, 0.3) is 0 Å². The maximum atomic E-state index is 15.2. The van der Waals surface area contributed by atoms with Crippen molar-refractivity contribution in [2.75, 3.05) is 19.8 Å². The molecular weight excluding hydrogens is 506 g/mol. The first-order chi connectivity index (χ1) is 18.1. The number of carbonyl (C=O) groups is 1. The highest BCUT2D eigenvalue weighted by Gasteiger charge is 2.32. The fourth-order valence-electron chi connectivity index (χ4n) is 4.18. The number of aliphatic hydroxyl groups excluding tert-OH is 1. The molecule has 0 aliphatic carbocycles. The molecule has 3 aromatic rings. The number of carboxylic acid groups (broad SMARTS) is 1. The van der Waals surface area contributed by atoms with E-state index >= 15 is 4.39 Å². The SMILES string of the molecule is Cc1c(C=Cc2cc(CNC(CO)C(=O)O)ccc2C(F)(F)F)cccc1-c1ccc2c(c1F)OCCO2. The third-order valence-electron chi connectivity index (χ3n) is 6.21. The van der Waals surface area contributed by atoms with Crippen LogP contribution in [0.4, 0.5) is 17.6 Å². The molecule has 10 heteroatoms. The van der Waals surface area contributed by atoms with Gasteiger partial charge in [-0.1, -0.05) is 36.4 Å². The monoisotopic (exact) mass is 531 g/mol. The second kappa shape index (κ2) is 11.2. The molecule has 6 nitrogen and oxygen atoms in total. The van der Waals surface area contributed by atoms with Crippen molar-refractivity contribution < 1.29 is 42.0 Å². The predicted molar refractivity (Wildman–Crippen MR) is 133 cm³/mol. The topological polar surface area (TPSA) is 88.0 Å². The summed E-state index contributed by atoms with van der Waals surface area (Å²) in [7, 11) is 0. The van der Waals surface area contributed by atoms with Gasteiger partial charge in [-0.25, -0.2) is 4.39 Å². The van der Waals surface area contributed by atoms with Crippen molar-refractivity contribution in [3.05, 3.63) is 82.2 Å². The summed E-state index contributed by atoms with van der Waals surface area (Å²) in [5.41, 5.74) is 1.49. The van der Waals surface area contributed by atoms with Gasteiger partial charge in [0.2, 0.25) is 0 Å². The van der Waals surface area contributed by atoms with Crippen LogP contribution < -0.4 is 14.8 Å². The lowest BCUT2D eigenvalue weighted by molar-refractivity contribution is -0.140. The zero-order valence-corrected chi connectivity index (χ0v) is 20.3. The third-order valence-corrected chi connectivity index (χ3v) is 6.21. The molecule has 0 saturated carbocycles. The largest absolute Gasteiger partial charge is 0.486 e. The van der Waals surface area contributed by atoms with Crippen molar-refractivity contribution in [2.24, 2.45) is 0 Å². The smallest absolute Gasteiger partial charge is 0.416 e. The fraction of sp³-hybridized carbons (Fsp3) is 0.250. The zero-order valence-electron chi connectivity index (χ0n) is 20.3. The summed E-state index contributed by atoms with van der Waals surface area (Å²) >= 11 is 0. The van der Waals surface area contributed by atoms with Crippen LogP contribution in [0.15, 0.2) is 48.5 Å². The second-order valence-electron chi connectivity index (χ2n) is 8.68. The highest BCUT2D eigenvalue weighted by Crippen LogP contribution is 2.40. The van der Waals surface area contributed by atoms with E-state index in [1.807, 2.05) is 0 Å². The summed E-state index contributed by atoms with van der Waals surface area (Å²) in [6, 6.07) is 10.6. The van der Waals surface area contributed by atoms with E-state index in [9.17, 15) is 18.0 Å². The van der Waals surface area contributed by atoms with Crippen molar-refractivity contribution in [1.82, 2.24) is 5.32 Å². The summed E-state index contributed by atoms with van der Waals surface area (Å²) in [4.78, 5) is 11.1. The molecule has 0 saturated heterocycles. The first kappa shape index (κ1) is 27.2. The normalized spacial score (nSPS) is 14.1. The van der Waals surface area contributed by atoms with E-state index in [0.29, 0.717) is 34.6 Å². The molecule has 38 heavy (non-hydrogen) atoms. The van der Waals surface area contributed by atoms with Crippen molar-refractivity contribution in [1.29, 1.82) is 0 Å². The van der Waals surface area contributed by atoms with E-state index in [1.54, 1.807) is 37.3 Å². The van der Waals surface area contributed by atoms with Crippen LogP contribution >= 0.6 is 0 Å². The molecule has 1 aliphatic rings. The highest BCUT2D eigenvalue weighted by atomic mass is 19.4. The van der Waals surface area contributed by atoms with Gasteiger partial charge in [-0.3, -0.25) is 10.1 Å². The van der Waals surface area contributed by atoms with E-state index in [1.165, 1.54) is 24.3 Å². The van der Waals surface area contributed by atoms with Crippen molar-refractivity contribution >= 4 is 18.1 Å². The van der Waals surface area contributed by atoms with Crippen molar-refractivity contribution in [3.63, 3.8) is 0 Å². The zero-order chi connectivity index (χ0) is 27.4. The van der Waals surface area contributed by atoms with Crippen molar-refractivity contribution in [2.45, 2.75) is 25.7 Å².